The van der Waals surface area contributed by atoms with Gasteiger partial charge in [-0.1, -0.05) is 0 Å². The number of amidine groups is 1. The fraction of sp³-hybridized carbons (Fsp3) is 0.458. The predicted molar refractivity (Wildman–Crippen MR) is 127 cm³/mol. The summed E-state index contributed by atoms with van der Waals surface area (Å²) >= 11 is 0. The van der Waals surface area contributed by atoms with E-state index >= 15 is 4.39 Å². The van der Waals surface area contributed by atoms with Crippen LogP contribution in [0.5, 0.6) is 0 Å². The molecule has 0 unspecified atom stereocenters. The van der Waals surface area contributed by atoms with Crippen molar-refractivity contribution in [3.63, 3.8) is 0 Å². The van der Waals surface area contributed by atoms with Gasteiger partial charge in [0.15, 0.2) is 5.78 Å². The van der Waals surface area contributed by atoms with Crippen molar-refractivity contribution in [2.24, 2.45) is 15.1 Å². The molecule has 8 nitrogen and oxygen atoms in total. The van der Waals surface area contributed by atoms with Crippen molar-refractivity contribution in [3.05, 3.63) is 58.4 Å². The number of pyridine rings is 2. The molecule has 4 heterocycles. The minimum atomic E-state index is -2.86. The van der Waals surface area contributed by atoms with Crippen LogP contribution < -0.4 is 5.73 Å². The Labute approximate surface area is 198 Å². The van der Waals surface area contributed by atoms with Gasteiger partial charge in [0, 0.05) is 18.4 Å². The number of fused-ring (bicyclic) bond motifs is 1. The molecule has 3 atom stereocenters. The Kier molecular flexibility index (Phi) is 5.80. The van der Waals surface area contributed by atoms with E-state index in [0.717, 1.165) is 0 Å². The number of carbonyl (C=O) groups excluding carboxylic acids is 1. The molecule has 0 radical (unpaired) electrons. The lowest BCUT2D eigenvalue weighted by Gasteiger charge is -2.47. The Hall–Kier alpha value is -3.19. The average molecular weight is 483 g/mol. The largest absolute Gasteiger partial charge is 0.386 e. The first-order valence-electron chi connectivity index (χ1n) is 11.1. The second kappa shape index (κ2) is 8.24. The third-order valence-electron chi connectivity index (χ3n) is 6.82. The number of hydrogen-bond donors (Lipinski definition) is 1. The first-order chi connectivity index (χ1) is 15.9. The molecule has 0 fully saturated rings. The summed E-state index contributed by atoms with van der Waals surface area (Å²) in [6, 6.07) is 6.28. The van der Waals surface area contributed by atoms with Crippen LogP contribution >= 0.6 is 0 Å². The Morgan fingerprint density at radius 3 is 2.76 bits per heavy atom. The first-order valence-corrected chi connectivity index (χ1v) is 12.6. The molecule has 178 valence electrons. The number of halogens is 1. The molecule has 0 bridgehead atoms. The summed E-state index contributed by atoms with van der Waals surface area (Å²) < 4.78 is 32.9. The van der Waals surface area contributed by atoms with Crippen molar-refractivity contribution in [2.75, 3.05) is 6.54 Å². The summed E-state index contributed by atoms with van der Waals surface area (Å²) in [4.78, 5) is 26.2. The molecule has 2 N–H and O–H groups in total. The van der Waals surface area contributed by atoms with E-state index < -0.39 is 31.1 Å². The Morgan fingerprint density at radius 1 is 1.35 bits per heavy atom. The molecular formula is C24H27FN6O2S. The van der Waals surface area contributed by atoms with Crippen molar-refractivity contribution in [2.45, 2.75) is 62.5 Å². The number of carbonyl (C=O) groups is 1. The molecule has 0 aliphatic carbocycles. The van der Waals surface area contributed by atoms with E-state index in [1.165, 1.54) is 18.3 Å². The van der Waals surface area contributed by atoms with Gasteiger partial charge in [-0.2, -0.15) is 5.26 Å². The third-order valence-corrected chi connectivity index (χ3v) is 10.5. The second-order valence-electron chi connectivity index (χ2n) is 9.44. The minimum Gasteiger partial charge on any atom is -0.386 e. The van der Waals surface area contributed by atoms with Gasteiger partial charge in [-0.15, -0.1) is 0 Å². The van der Waals surface area contributed by atoms with E-state index in [9.17, 15) is 9.00 Å². The van der Waals surface area contributed by atoms with Crippen LogP contribution in [0.3, 0.4) is 0 Å². The first kappa shape index (κ1) is 24.0. The van der Waals surface area contributed by atoms with Crippen molar-refractivity contribution < 1.29 is 13.4 Å². The molecule has 0 spiro atoms. The second-order valence-corrected chi connectivity index (χ2v) is 12.4. The van der Waals surface area contributed by atoms with Gasteiger partial charge in [-0.05, 0) is 64.3 Å². The summed E-state index contributed by atoms with van der Waals surface area (Å²) in [5.41, 5.74) is 6.51. The number of aromatic nitrogens is 2. The van der Waals surface area contributed by atoms with E-state index in [2.05, 4.69) is 19.3 Å². The van der Waals surface area contributed by atoms with Gasteiger partial charge < -0.3 is 5.73 Å². The number of rotatable bonds is 4. The van der Waals surface area contributed by atoms with Crippen molar-refractivity contribution in [1.82, 2.24) is 9.97 Å². The number of aryl methyl sites for hydroxylation is 1. The highest BCUT2D eigenvalue weighted by molar-refractivity contribution is 7.96. The summed E-state index contributed by atoms with van der Waals surface area (Å²) in [6.45, 7) is 7.39. The highest BCUT2D eigenvalue weighted by Crippen LogP contribution is 2.46. The highest BCUT2D eigenvalue weighted by atomic mass is 32.2. The zero-order valence-electron chi connectivity index (χ0n) is 19.6. The molecule has 4 rings (SSSR count). The summed E-state index contributed by atoms with van der Waals surface area (Å²) in [7, 11) is -2.86. The maximum Gasteiger partial charge on any atom is 0.187 e. The minimum absolute atomic E-state index is 0.00980. The fourth-order valence-electron chi connectivity index (χ4n) is 4.76. The fourth-order valence-corrected chi connectivity index (χ4v) is 7.99. The third kappa shape index (κ3) is 3.59. The molecule has 2 aromatic rings. The Balaban J connectivity index is 1.77. The van der Waals surface area contributed by atoms with Crippen LogP contribution in [0.15, 0.2) is 33.8 Å². The van der Waals surface area contributed by atoms with Crippen molar-refractivity contribution in [1.29, 1.82) is 5.26 Å². The number of hydrogen-bond acceptors (Lipinski definition) is 8. The number of nitriles is 1. The number of ketones is 1. The normalized spacial score (nSPS) is 27.6. The number of nitrogens with two attached hydrogens (primary N) is 1. The average Bonchev–Trinajstić information content (AvgIpc) is 2.79. The van der Waals surface area contributed by atoms with Gasteiger partial charge in [-0.3, -0.25) is 19.8 Å². The van der Waals surface area contributed by atoms with Gasteiger partial charge >= 0.3 is 0 Å². The van der Waals surface area contributed by atoms with Crippen LogP contribution in [0.2, 0.25) is 0 Å². The smallest absolute Gasteiger partial charge is 0.187 e. The van der Waals surface area contributed by atoms with Gasteiger partial charge in [0.2, 0.25) is 0 Å². The highest BCUT2D eigenvalue weighted by Gasteiger charge is 2.56. The van der Waals surface area contributed by atoms with E-state index in [4.69, 9.17) is 11.0 Å². The van der Waals surface area contributed by atoms with Gasteiger partial charge in [0.1, 0.15) is 39.4 Å². The quantitative estimate of drug-likeness (QED) is 0.665. The maximum absolute atomic E-state index is 15.2. The van der Waals surface area contributed by atoms with Crippen LogP contribution in [-0.4, -0.2) is 42.3 Å². The van der Waals surface area contributed by atoms with Crippen LogP contribution in [0.25, 0.3) is 0 Å². The molecule has 2 aliphatic rings. The zero-order chi connectivity index (χ0) is 24.9. The lowest BCUT2D eigenvalue weighted by atomic mass is 9.88. The van der Waals surface area contributed by atoms with Crippen LogP contribution in [0, 0.1) is 24.1 Å². The molecule has 0 saturated carbocycles. The Morgan fingerprint density at radius 2 is 2.09 bits per heavy atom. The molecule has 0 aromatic carbocycles. The van der Waals surface area contributed by atoms with Gasteiger partial charge in [0.05, 0.1) is 27.0 Å². The molecule has 0 amide bonds. The molecule has 2 aromatic heterocycles. The van der Waals surface area contributed by atoms with Crippen LogP contribution in [0.1, 0.15) is 66.6 Å². The maximum atomic E-state index is 15.2. The summed E-state index contributed by atoms with van der Waals surface area (Å²) in [5, 5.41) is 8.45. The standard InChI is InChI=1S/C24H27FN6O2S/c1-14-10-15(12-26)13-28-20(14)18(32)11-16-7-8-17(25)21(30-16)24(4)19-6-5-9-29-34(19,33)23(2,3)22(27)31-24/h7-8,10,13,19H,5-6,9,11H2,1-4H3,(H2,27,31)/t19-,24+,34-/m1/s1. The predicted octanol–water partition coefficient (Wildman–Crippen LogP) is 3.22. The van der Waals surface area contributed by atoms with Gasteiger partial charge in [0.25, 0.3) is 0 Å². The van der Waals surface area contributed by atoms with Crippen molar-refractivity contribution >= 4 is 21.3 Å². The topological polar surface area (TPSA) is 134 Å². The zero-order valence-corrected chi connectivity index (χ0v) is 20.4. The SMILES string of the molecule is Cc1cc(C#N)cnc1C(=O)Cc1ccc(F)c([C@@]2(C)N=C(N)C(C)(C)[S@@]3(=O)=NCCC[C@H]23)n1. The lowest BCUT2D eigenvalue weighted by Crippen LogP contribution is -2.60. The van der Waals surface area contributed by atoms with Crippen LogP contribution in [-0.2, 0) is 21.7 Å². The van der Waals surface area contributed by atoms with E-state index in [1.54, 1.807) is 33.8 Å². The summed E-state index contributed by atoms with van der Waals surface area (Å²) in [6.07, 6.45) is 2.50. The van der Waals surface area contributed by atoms with E-state index in [1.807, 2.05) is 6.07 Å². The summed E-state index contributed by atoms with van der Waals surface area (Å²) in [5.74, 6) is -0.751. The van der Waals surface area contributed by atoms with Crippen molar-refractivity contribution in [3.8, 4) is 6.07 Å². The van der Waals surface area contributed by atoms with E-state index in [0.29, 0.717) is 36.2 Å². The molecular weight excluding hydrogens is 455 g/mol. The Bertz CT molecular complexity index is 1390. The number of nitrogens with zero attached hydrogens (tertiary/aromatic N) is 5. The van der Waals surface area contributed by atoms with E-state index in [-0.39, 0.29) is 29.4 Å². The molecule has 10 heteroatoms. The number of aliphatic imine (C=N–C) groups is 1. The number of Topliss-reactive ketones (excluding diaryl/α,β-unsaturated/α-hetero) is 1. The monoisotopic (exact) mass is 482 g/mol. The van der Waals surface area contributed by atoms with Gasteiger partial charge in [-0.25, -0.2) is 13.0 Å². The molecule has 34 heavy (non-hydrogen) atoms. The molecule has 2 aliphatic heterocycles. The lowest BCUT2D eigenvalue weighted by molar-refractivity contribution is 0.0986. The molecule has 0 saturated heterocycles. The van der Waals surface area contributed by atoms with Crippen LogP contribution in [0.4, 0.5) is 4.39 Å².